The van der Waals surface area contributed by atoms with Crippen LogP contribution in [0.5, 0.6) is 5.75 Å². The fourth-order valence-corrected chi connectivity index (χ4v) is 2.78. The number of rotatable bonds is 9. The van der Waals surface area contributed by atoms with E-state index in [-0.39, 0.29) is 24.5 Å². The number of benzene rings is 2. The molecule has 0 bridgehead atoms. The minimum atomic E-state index is -0.0908. The third kappa shape index (κ3) is 6.24. The van der Waals surface area contributed by atoms with Gasteiger partial charge in [-0.1, -0.05) is 30.3 Å². The summed E-state index contributed by atoms with van der Waals surface area (Å²) in [5.41, 5.74) is 1.82. The Kier molecular flexibility index (Phi) is 7.48. The van der Waals surface area contributed by atoms with Gasteiger partial charge in [-0.25, -0.2) is 0 Å². The van der Waals surface area contributed by atoms with Crippen LogP contribution in [0.3, 0.4) is 0 Å². The monoisotopic (exact) mass is 341 g/mol. The van der Waals surface area contributed by atoms with E-state index in [2.05, 4.69) is 17.4 Å². The fraction of sp³-hybridized carbons (Fsp3) is 0.381. The van der Waals surface area contributed by atoms with Gasteiger partial charge in [-0.3, -0.25) is 4.79 Å². The van der Waals surface area contributed by atoms with Gasteiger partial charge >= 0.3 is 0 Å². The summed E-state index contributed by atoms with van der Waals surface area (Å²) in [5, 5.41) is 12.2. The molecule has 0 aliphatic heterocycles. The van der Waals surface area contributed by atoms with Crippen molar-refractivity contribution in [3.63, 3.8) is 0 Å². The topological polar surface area (TPSA) is 58.6 Å². The van der Waals surface area contributed by atoms with Crippen molar-refractivity contribution < 1.29 is 14.6 Å². The first kappa shape index (κ1) is 19.0. The number of amides is 1. The summed E-state index contributed by atoms with van der Waals surface area (Å²) in [6, 6.07) is 17.3. The SMILES string of the molecule is CC(C)Oc1ccc(C(=O)NCCC(CCO)c2ccccc2)cc1. The molecule has 2 aromatic rings. The molecule has 0 aliphatic carbocycles. The van der Waals surface area contributed by atoms with E-state index in [1.165, 1.54) is 5.56 Å². The molecule has 2 aromatic carbocycles. The number of aliphatic hydroxyl groups excluding tert-OH is 1. The summed E-state index contributed by atoms with van der Waals surface area (Å²) in [5.74, 6) is 0.916. The van der Waals surface area contributed by atoms with Crippen molar-refractivity contribution in [2.24, 2.45) is 0 Å². The van der Waals surface area contributed by atoms with Gasteiger partial charge in [0, 0.05) is 18.7 Å². The van der Waals surface area contributed by atoms with Gasteiger partial charge in [0.1, 0.15) is 5.75 Å². The maximum atomic E-state index is 12.3. The van der Waals surface area contributed by atoms with Gasteiger partial charge in [-0.15, -0.1) is 0 Å². The highest BCUT2D eigenvalue weighted by Gasteiger charge is 2.12. The van der Waals surface area contributed by atoms with Crippen molar-refractivity contribution in [2.45, 2.75) is 38.7 Å². The predicted octanol–water partition coefficient (Wildman–Crippen LogP) is 3.76. The standard InChI is InChI=1S/C21H27NO3/c1-16(2)25-20-10-8-19(9-11-20)21(24)22-14-12-18(13-15-23)17-6-4-3-5-7-17/h3-11,16,18,23H,12-15H2,1-2H3,(H,22,24). The number of aliphatic hydroxyl groups is 1. The van der Waals surface area contributed by atoms with Crippen LogP contribution in [0.4, 0.5) is 0 Å². The first-order chi connectivity index (χ1) is 12.1. The normalized spacial score (nSPS) is 12.0. The minimum Gasteiger partial charge on any atom is -0.491 e. The first-order valence-electron chi connectivity index (χ1n) is 8.81. The molecule has 0 fully saturated rings. The number of hydrogen-bond donors (Lipinski definition) is 2. The van der Waals surface area contributed by atoms with E-state index in [4.69, 9.17) is 4.74 Å². The highest BCUT2D eigenvalue weighted by Crippen LogP contribution is 2.22. The molecular weight excluding hydrogens is 314 g/mol. The number of carbonyl (C=O) groups excluding carboxylic acids is 1. The number of hydrogen-bond acceptors (Lipinski definition) is 3. The van der Waals surface area contributed by atoms with Crippen molar-refractivity contribution >= 4 is 5.91 Å². The summed E-state index contributed by atoms with van der Waals surface area (Å²) in [6.07, 6.45) is 1.60. The third-order valence-electron chi connectivity index (χ3n) is 4.02. The Labute approximate surface area is 149 Å². The zero-order valence-electron chi connectivity index (χ0n) is 14.9. The average Bonchev–Trinajstić information content (AvgIpc) is 2.61. The highest BCUT2D eigenvalue weighted by atomic mass is 16.5. The second kappa shape index (κ2) is 9.84. The lowest BCUT2D eigenvalue weighted by atomic mass is 9.93. The van der Waals surface area contributed by atoms with Crippen LogP contribution in [0.15, 0.2) is 54.6 Å². The van der Waals surface area contributed by atoms with Crippen LogP contribution in [0, 0.1) is 0 Å². The maximum absolute atomic E-state index is 12.3. The smallest absolute Gasteiger partial charge is 0.251 e. The highest BCUT2D eigenvalue weighted by molar-refractivity contribution is 5.94. The van der Waals surface area contributed by atoms with E-state index in [1.807, 2.05) is 44.2 Å². The first-order valence-corrected chi connectivity index (χ1v) is 8.81. The summed E-state index contributed by atoms with van der Waals surface area (Å²) in [4.78, 5) is 12.3. The second-order valence-corrected chi connectivity index (χ2v) is 6.36. The molecule has 4 heteroatoms. The second-order valence-electron chi connectivity index (χ2n) is 6.36. The third-order valence-corrected chi connectivity index (χ3v) is 4.02. The van der Waals surface area contributed by atoms with E-state index in [1.54, 1.807) is 12.1 Å². The van der Waals surface area contributed by atoms with Crippen molar-refractivity contribution in [3.8, 4) is 5.75 Å². The molecule has 4 nitrogen and oxygen atoms in total. The van der Waals surface area contributed by atoms with Gasteiger partial charge in [0.15, 0.2) is 0 Å². The Morgan fingerprint density at radius 2 is 1.72 bits per heavy atom. The molecule has 0 radical (unpaired) electrons. The van der Waals surface area contributed by atoms with Crippen LogP contribution in [0.25, 0.3) is 0 Å². The lowest BCUT2D eigenvalue weighted by Crippen LogP contribution is -2.25. The Morgan fingerprint density at radius 3 is 2.32 bits per heavy atom. The zero-order chi connectivity index (χ0) is 18.1. The molecule has 1 atom stereocenters. The van der Waals surface area contributed by atoms with E-state index in [0.29, 0.717) is 18.5 Å². The van der Waals surface area contributed by atoms with Gasteiger partial charge in [0.25, 0.3) is 5.91 Å². The molecular formula is C21H27NO3. The zero-order valence-corrected chi connectivity index (χ0v) is 14.9. The Bertz CT molecular complexity index is 638. The largest absolute Gasteiger partial charge is 0.491 e. The van der Waals surface area contributed by atoms with Crippen molar-refractivity contribution in [3.05, 3.63) is 65.7 Å². The van der Waals surface area contributed by atoms with Gasteiger partial charge < -0.3 is 15.2 Å². The Morgan fingerprint density at radius 1 is 1.04 bits per heavy atom. The van der Waals surface area contributed by atoms with Gasteiger partial charge in [0.05, 0.1) is 6.10 Å². The van der Waals surface area contributed by atoms with Crippen molar-refractivity contribution in [1.82, 2.24) is 5.32 Å². The molecule has 2 N–H and O–H groups in total. The van der Waals surface area contributed by atoms with E-state index in [9.17, 15) is 9.90 Å². The summed E-state index contributed by atoms with van der Waals surface area (Å²) < 4.78 is 5.58. The quantitative estimate of drug-likeness (QED) is 0.730. The molecule has 0 heterocycles. The van der Waals surface area contributed by atoms with E-state index in [0.717, 1.165) is 12.2 Å². The molecule has 0 aromatic heterocycles. The molecule has 0 saturated carbocycles. The van der Waals surface area contributed by atoms with E-state index >= 15 is 0 Å². The molecule has 2 rings (SSSR count). The fourth-order valence-electron chi connectivity index (χ4n) is 2.78. The minimum absolute atomic E-state index is 0.0908. The predicted molar refractivity (Wildman–Crippen MR) is 100 cm³/mol. The summed E-state index contributed by atoms with van der Waals surface area (Å²) >= 11 is 0. The molecule has 0 aliphatic rings. The summed E-state index contributed by atoms with van der Waals surface area (Å²) in [6.45, 7) is 4.65. The maximum Gasteiger partial charge on any atom is 0.251 e. The van der Waals surface area contributed by atoms with Crippen LogP contribution >= 0.6 is 0 Å². The van der Waals surface area contributed by atoms with Crippen LogP contribution < -0.4 is 10.1 Å². The van der Waals surface area contributed by atoms with E-state index < -0.39 is 0 Å². The lowest BCUT2D eigenvalue weighted by molar-refractivity contribution is 0.0952. The molecule has 1 amide bonds. The molecule has 0 spiro atoms. The van der Waals surface area contributed by atoms with Gasteiger partial charge in [0.2, 0.25) is 0 Å². The molecule has 0 saturated heterocycles. The van der Waals surface area contributed by atoms with Crippen molar-refractivity contribution in [2.75, 3.05) is 13.2 Å². The van der Waals surface area contributed by atoms with Crippen LogP contribution in [-0.4, -0.2) is 30.3 Å². The average molecular weight is 341 g/mol. The molecule has 134 valence electrons. The van der Waals surface area contributed by atoms with Crippen LogP contribution in [-0.2, 0) is 0 Å². The van der Waals surface area contributed by atoms with Crippen LogP contribution in [0.2, 0.25) is 0 Å². The summed E-state index contributed by atoms with van der Waals surface area (Å²) in [7, 11) is 0. The van der Waals surface area contributed by atoms with Crippen LogP contribution in [0.1, 0.15) is 48.5 Å². The number of carbonyl (C=O) groups is 1. The molecule has 1 unspecified atom stereocenters. The number of ether oxygens (including phenoxy) is 1. The molecule has 25 heavy (non-hydrogen) atoms. The Hall–Kier alpha value is -2.33. The number of nitrogens with one attached hydrogen (secondary N) is 1. The lowest BCUT2D eigenvalue weighted by Gasteiger charge is -2.16. The van der Waals surface area contributed by atoms with Crippen molar-refractivity contribution in [1.29, 1.82) is 0 Å². The Balaban J connectivity index is 1.86. The van der Waals surface area contributed by atoms with Gasteiger partial charge in [-0.2, -0.15) is 0 Å². The van der Waals surface area contributed by atoms with Gasteiger partial charge in [-0.05, 0) is 62.4 Å².